The number of aliphatic hydroxyl groups excluding tert-OH is 1. The molecule has 0 aromatic heterocycles. The van der Waals surface area contributed by atoms with Gasteiger partial charge in [0.15, 0.2) is 12.2 Å². The summed E-state index contributed by atoms with van der Waals surface area (Å²) >= 11 is 0. The minimum absolute atomic E-state index is 0.0853. The van der Waals surface area contributed by atoms with Crippen molar-refractivity contribution in [3.05, 3.63) is 24.3 Å². The normalized spacial score (nSPS) is 14.0. The molecule has 0 saturated carbocycles. The molecule has 17 nitrogen and oxygen atoms in total. The predicted octanol–water partition coefficient (Wildman–Crippen LogP) is 24.2. The lowest BCUT2D eigenvalue weighted by atomic mass is 10.0. The number of carbonyl (C=O) groups is 4. The predicted molar refractivity (Wildman–Crippen MR) is 414 cm³/mol. The second-order valence-corrected chi connectivity index (χ2v) is 32.7. The fourth-order valence-electron chi connectivity index (χ4n) is 12.2. The Hall–Kier alpha value is -2.46. The molecule has 5 atom stereocenters. The first-order valence-electron chi connectivity index (χ1n) is 41.8. The monoisotopic (exact) mass is 1480 g/mol. The number of unbranched alkanes of at least 4 members (excludes halogenated alkanes) is 46. The maximum Gasteiger partial charge on any atom is 0.472 e. The number of aliphatic hydroxyl groups is 1. The molecule has 0 amide bonds. The van der Waals surface area contributed by atoms with Crippen molar-refractivity contribution in [2.75, 3.05) is 39.6 Å². The molecule has 2 unspecified atom stereocenters. The lowest BCUT2D eigenvalue weighted by Gasteiger charge is -2.21. The number of rotatable bonds is 79. The van der Waals surface area contributed by atoms with Crippen molar-refractivity contribution >= 4 is 39.5 Å². The lowest BCUT2D eigenvalue weighted by molar-refractivity contribution is -0.161. The van der Waals surface area contributed by atoms with Crippen LogP contribution >= 0.6 is 15.6 Å². The first kappa shape index (κ1) is 98.5. The van der Waals surface area contributed by atoms with E-state index in [-0.39, 0.29) is 25.7 Å². The van der Waals surface area contributed by atoms with E-state index in [0.29, 0.717) is 25.7 Å². The van der Waals surface area contributed by atoms with Crippen molar-refractivity contribution in [1.82, 2.24) is 0 Å². The maximum atomic E-state index is 13.1. The smallest absolute Gasteiger partial charge is 0.462 e. The van der Waals surface area contributed by atoms with Gasteiger partial charge in [0.25, 0.3) is 0 Å². The van der Waals surface area contributed by atoms with Gasteiger partial charge in [0.1, 0.15) is 19.3 Å². The third kappa shape index (κ3) is 75.6. The number of carbonyl (C=O) groups excluding carboxylic acids is 4. The number of hydrogen-bond donors (Lipinski definition) is 3. The molecule has 0 aliphatic heterocycles. The number of ether oxygens (including phenoxy) is 4. The molecular formula is C82H156O17P2. The summed E-state index contributed by atoms with van der Waals surface area (Å²) in [5.41, 5.74) is 0. The Balaban J connectivity index is 5.27. The van der Waals surface area contributed by atoms with Crippen LogP contribution in [0.25, 0.3) is 0 Å². The van der Waals surface area contributed by atoms with Gasteiger partial charge in [-0.1, -0.05) is 355 Å². The minimum atomic E-state index is -4.97. The highest BCUT2D eigenvalue weighted by Crippen LogP contribution is 2.45. The molecule has 0 aliphatic carbocycles. The first-order valence-corrected chi connectivity index (χ1v) is 44.8. The second-order valence-electron chi connectivity index (χ2n) is 29.8. The molecule has 0 rings (SSSR count). The largest absolute Gasteiger partial charge is 0.472 e. The molecule has 0 spiro atoms. The zero-order valence-corrected chi connectivity index (χ0v) is 67.5. The summed E-state index contributed by atoms with van der Waals surface area (Å²) in [6, 6.07) is 0. The molecule has 19 heteroatoms. The Morgan fingerprint density at radius 1 is 0.307 bits per heavy atom. The highest BCUT2D eigenvalue weighted by molar-refractivity contribution is 7.47. The van der Waals surface area contributed by atoms with E-state index >= 15 is 0 Å². The number of esters is 4. The van der Waals surface area contributed by atoms with Crippen molar-refractivity contribution in [3.63, 3.8) is 0 Å². The van der Waals surface area contributed by atoms with Crippen LogP contribution < -0.4 is 0 Å². The molecule has 0 aromatic carbocycles. The number of hydrogen-bond acceptors (Lipinski definition) is 15. The van der Waals surface area contributed by atoms with Gasteiger partial charge in [0, 0.05) is 25.7 Å². The van der Waals surface area contributed by atoms with Gasteiger partial charge in [-0.05, 0) is 63.2 Å². The van der Waals surface area contributed by atoms with Crippen LogP contribution in [0.2, 0.25) is 0 Å². The molecule has 0 saturated heterocycles. The van der Waals surface area contributed by atoms with E-state index in [1.807, 2.05) is 0 Å². The molecule has 0 aromatic rings. The molecule has 0 aliphatic rings. The quantitative estimate of drug-likeness (QED) is 0.0169. The molecule has 3 N–H and O–H groups in total. The van der Waals surface area contributed by atoms with E-state index in [2.05, 4.69) is 65.8 Å². The van der Waals surface area contributed by atoms with Crippen molar-refractivity contribution in [2.24, 2.45) is 11.8 Å². The molecule has 101 heavy (non-hydrogen) atoms. The third-order valence-electron chi connectivity index (χ3n) is 18.6. The summed E-state index contributed by atoms with van der Waals surface area (Å²) in [4.78, 5) is 73.0. The minimum Gasteiger partial charge on any atom is -0.462 e. The Labute approximate surface area is 618 Å². The van der Waals surface area contributed by atoms with Gasteiger partial charge >= 0.3 is 39.5 Å². The highest BCUT2D eigenvalue weighted by Gasteiger charge is 2.30. The summed E-state index contributed by atoms with van der Waals surface area (Å²) in [5.74, 6) is -0.532. The van der Waals surface area contributed by atoms with Crippen LogP contribution in [0, 0.1) is 11.8 Å². The van der Waals surface area contributed by atoms with Gasteiger partial charge < -0.3 is 33.8 Å². The van der Waals surface area contributed by atoms with Crippen LogP contribution in [0.1, 0.15) is 408 Å². The van der Waals surface area contributed by atoms with Gasteiger partial charge in [-0.15, -0.1) is 0 Å². The Morgan fingerprint density at radius 2 is 0.535 bits per heavy atom. The summed E-state index contributed by atoms with van der Waals surface area (Å²) in [7, 11) is -9.93. The number of phosphoric acid groups is 2. The van der Waals surface area contributed by atoms with Crippen LogP contribution in [0.4, 0.5) is 0 Å². The zero-order chi connectivity index (χ0) is 74.2. The summed E-state index contributed by atoms with van der Waals surface area (Å²) in [6.07, 6.45) is 65.9. The average molecular weight is 1480 g/mol. The molecule has 0 heterocycles. The van der Waals surface area contributed by atoms with E-state index in [1.54, 1.807) is 0 Å². The number of phosphoric ester groups is 2. The molecule has 596 valence electrons. The van der Waals surface area contributed by atoms with Gasteiger partial charge in [-0.25, -0.2) is 9.13 Å². The van der Waals surface area contributed by atoms with Crippen LogP contribution in [0.5, 0.6) is 0 Å². The molecular weight excluding hydrogens is 1320 g/mol. The van der Waals surface area contributed by atoms with E-state index in [0.717, 1.165) is 115 Å². The fourth-order valence-corrected chi connectivity index (χ4v) is 13.8. The van der Waals surface area contributed by atoms with Crippen LogP contribution in [-0.2, 0) is 65.4 Å². The van der Waals surface area contributed by atoms with Gasteiger partial charge in [0.2, 0.25) is 0 Å². The van der Waals surface area contributed by atoms with Crippen molar-refractivity contribution in [3.8, 4) is 0 Å². The average Bonchev–Trinajstić information content (AvgIpc) is 1.04. The second kappa shape index (κ2) is 73.1. The van der Waals surface area contributed by atoms with Crippen LogP contribution in [0.15, 0.2) is 24.3 Å². The van der Waals surface area contributed by atoms with Gasteiger partial charge in [-0.2, -0.15) is 0 Å². The third-order valence-corrected chi connectivity index (χ3v) is 20.5. The maximum absolute atomic E-state index is 13.1. The molecule has 0 fully saturated rings. The summed E-state index contributed by atoms with van der Waals surface area (Å²) in [5, 5.41) is 10.6. The van der Waals surface area contributed by atoms with E-state index in [4.69, 9.17) is 37.0 Å². The molecule has 0 bridgehead atoms. The van der Waals surface area contributed by atoms with E-state index < -0.39 is 97.5 Å². The number of allylic oxidation sites excluding steroid dienone is 4. The summed E-state index contributed by atoms with van der Waals surface area (Å²) < 4.78 is 68.7. The molecule has 0 radical (unpaired) electrons. The summed E-state index contributed by atoms with van der Waals surface area (Å²) in [6.45, 7) is 9.62. The van der Waals surface area contributed by atoms with Crippen molar-refractivity contribution in [2.45, 2.75) is 426 Å². The topological polar surface area (TPSA) is 237 Å². The van der Waals surface area contributed by atoms with E-state index in [1.165, 1.54) is 212 Å². The lowest BCUT2D eigenvalue weighted by Crippen LogP contribution is -2.30. The van der Waals surface area contributed by atoms with Crippen molar-refractivity contribution < 1.29 is 80.2 Å². The van der Waals surface area contributed by atoms with Crippen molar-refractivity contribution in [1.29, 1.82) is 0 Å². The highest BCUT2D eigenvalue weighted by atomic mass is 31.2. The standard InChI is InChI=1S/C82H156O17P2/c1-7-9-11-13-15-17-19-20-23-31-36-42-48-54-60-66-81(86)98-77(70-92-79(84)64-58-52-46-40-18-16-14-12-10-8-2)72-96-100(88,89)94-68-76(83)69-95-101(90,91)97-73-78(71-93-80(85)65-59-53-47-41-35-30-27-26-29-34-39-45-51-57-63-75(5)6)99-82(87)67-61-55-49-43-37-32-25-22-21-24-28-33-38-44-50-56-62-74(3)4/h17,19-20,23,74-78,83H,7-16,18,21-22,24-73H2,1-6H3,(H,88,89)(H,90,91)/b19-17-,23-20-/t76-,77+,78+/m0/s1. The fraction of sp³-hybridized carbons (Fsp3) is 0.902. The van der Waals surface area contributed by atoms with Crippen LogP contribution in [0.3, 0.4) is 0 Å². The van der Waals surface area contributed by atoms with Gasteiger partial charge in [-0.3, -0.25) is 37.3 Å². The zero-order valence-electron chi connectivity index (χ0n) is 65.7. The van der Waals surface area contributed by atoms with E-state index in [9.17, 15) is 43.2 Å². The SMILES string of the molecule is CCCCCC/C=C\C=C/CCCCCCCC(=O)O[C@H](COC(=O)CCCCCCCCCCCC)COP(=O)(O)OC[C@H](O)COP(=O)(O)OC[C@@H](COC(=O)CCCCCCCCCCCCCCCCC(C)C)OC(=O)CCCCCCCCCCCCCCCCCCC(C)C. The Bertz CT molecular complexity index is 2040. The van der Waals surface area contributed by atoms with Crippen LogP contribution in [-0.4, -0.2) is 96.7 Å². The Kier molecular flexibility index (Phi) is 71.3. The Morgan fingerprint density at radius 3 is 0.812 bits per heavy atom. The first-order chi connectivity index (χ1) is 48.9. The van der Waals surface area contributed by atoms with Gasteiger partial charge in [0.05, 0.1) is 26.4 Å².